The first-order valence-corrected chi connectivity index (χ1v) is 9.07. The zero-order valence-corrected chi connectivity index (χ0v) is 12.3. The van der Waals surface area contributed by atoms with Gasteiger partial charge in [0.25, 0.3) is 0 Å². The second-order valence-corrected chi connectivity index (χ2v) is 8.25. The number of anilines is 1. The lowest BCUT2D eigenvalue weighted by Gasteiger charge is -2.10. The van der Waals surface area contributed by atoms with Crippen molar-refractivity contribution in [1.29, 1.82) is 0 Å². The van der Waals surface area contributed by atoms with Gasteiger partial charge < -0.3 is 5.32 Å². The molecule has 1 fully saturated rings. The van der Waals surface area contributed by atoms with Gasteiger partial charge in [0.1, 0.15) is 0 Å². The smallest absolute Gasteiger partial charge is 0.161 e. The fourth-order valence-corrected chi connectivity index (χ4v) is 6.15. The van der Waals surface area contributed by atoms with Crippen LogP contribution in [-0.4, -0.2) is 36.4 Å². The Labute approximate surface area is 117 Å². The number of hydrogen-bond donors (Lipinski definition) is 1. The number of benzene rings is 1. The molecule has 0 unspecified atom stereocenters. The highest BCUT2D eigenvalue weighted by Crippen LogP contribution is 2.34. The molecule has 19 heavy (non-hydrogen) atoms. The number of nitrogens with zero attached hydrogens (tertiary/aromatic N) is 1. The predicted molar refractivity (Wildman–Crippen MR) is 80.7 cm³/mol. The van der Waals surface area contributed by atoms with Crippen molar-refractivity contribution in [3.05, 3.63) is 29.8 Å². The Morgan fingerprint density at radius 1 is 1.37 bits per heavy atom. The van der Waals surface area contributed by atoms with Gasteiger partial charge in [-0.3, -0.25) is 4.99 Å². The average molecular weight is 296 g/mol. The Bertz CT molecular complexity index is 625. The molecule has 0 radical (unpaired) electrons. The summed E-state index contributed by atoms with van der Waals surface area (Å²) in [5.74, 6) is 0.456. The Balaban J connectivity index is 1.76. The van der Waals surface area contributed by atoms with Crippen LogP contribution < -0.4 is 5.32 Å². The van der Waals surface area contributed by atoms with Gasteiger partial charge in [-0.2, -0.15) is 0 Å². The monoisotopic (exact) mass is 296 g/mol. The molecule has 1 saturated heterocycles. The summed E-state index contributed by atoms with van der Waals surface area (Å²) in [4.78, 5) is 4.51. The number of sulfone groups is 1. The number of rotatable bonds is 2. The molecule has 4 nitrogen and oxygen atoms in total. The van der Waals surface area contributed by atoms with Crippen LogP contribution in [0, 0.1) is 0 Å². The van der Waals surface area contributed by atoms with E-state index in [0.717, 1.165) is 17.3 Å². The number of fused-ring (bicyclic) bond motifs is 1. The molecule has 2 aliphatic heterocycles. The average Bonchev–Trinajstić information content (AvgIpc) is 2.82. The van der Waals surface area contributed by atoms with E-state index in [0.29, 0.717) is 0 Å². The van der Waals surface area contributed by atoms with Crippen LogP contribution in [0.15, 0.2) is 29.3 Å². The predicted octanol–water partition coefficient (Wildman–Crippen LogP) is 1.93. The van der Waals surface area contributed by atoms with E-state index in [1.807, 2.05) is 18.2 Å². The van der Waals surface area contributed by atoms with Crippen LogP contribution in [0.4, 0.5) is 5.69 Å². The lowest BCUT2D eigenvalue weighted by molar-refractivity contribution is 0.601. The molecule has 0 amide bonds. The topological polar surface area (TPSA) is 58.5 Å². The maximum absolute atomic E-state index is 11.5. The maximum Gasteiger partial charge on any atom is 0.161 e. The zero-order valence-electron chi connectivity index (χ0n) is 10.7. The minimum Gasteiger partial charge on any atom is -0.335 e. The highest BCUT2D eigenvalue weighted by Gasteiger charge is 2.42. The van der Waals surface area contributed by atoms with E-state index in [9.17, 15) is 8.42 Å². The van der Waals surface area contributed by atoms with Gasteiger partial charge in [-0.25, -0.2) is 8.42 Å². The number of hydrogen-bond acceptors (Lipinski definition) is 5. The molecule has 3 rings (SSSR count). The molecular weight excluding hydrogens is 280 g/mol. The lowest BCUT2D eigenvalue weighted by Crippen LogP contribution is -2.13. The van der Waals surface area contributed by atoms with Crippen molar-refractivity contribution in [1.82, 2.24) is 0 Å². The number of nitrogens with one attached hydrogen (secondary N) is 1. The van der Waals surface area contributed by atoms with Crippen LogP contribution in [-0.2, 0) is 16.3 Å². The summed E-state index contributed by atoms with van der Waals surface area (Å²) in [6.07, 6.45) is 0.961. The van der Waals surface area contributed by atoms with Gasteiger partial charge in [0.2, 0.25) is 0 Å². The van der Waals surface area contributed by atoms with Gasteiger partial charge in [-0.1, -0.05) is 36.9 Å². The summed E-state index contributed by atoms with van der Waals surface area (Å²) in [6, 6.07) is 8.08. The molecular formula is C13H16N2O2S2. The molecule has 2 atom stereocenters. The summed E-state index contributed by atoms with van der Waals surface area (Å²) in [7, 11) is -2.87. The van der Waals surface area contributed by atoms with Crippen LogP contribution in [0.25, 0.3) is 0 Å². The summed E-state index contributed by atoms with van der Waals surface area (Å²) in [5, 5.41) is 4.29. The van der Waals surface area contributed by atoms with Crippen molar-refractivity contribution < 1.29 is 8.42 Å². The molecule has 0 aromatic heterocycles. The second kappa shape index (κ2) is 4.83. The standard InChI is InChI=1S/C13H16N2O2S2/c1-2-9-5-3-4-6-10(9)14-13-15-11-7-19(16,17)8-12(11)18-13/h3-6,11-12H,2,7-8H2,1H3,(H,14,15)/t11-,12+/m0/s1. The SMILES string of the molecule is CCc1ccccc1NC1=N[C@H]2CS(=O)(=O)C[C@H]2S1. The van der Waals surface area contributed by atoms with Crippen LogP contribution in [0.2, 0.25) is 0 Å². The third-order valence-electron chi connectivity index (χ3n) is 3.46. The van der Waals surface area contributed by atoms with Gasteiger partial charge in [-0.05, 0) is 18.1 Å². The molecule has 2 heterocycles. The van der Waals surface area contributed by atoms with E-state index in [1.54, 1.807) is 11.8 Å². The summed E-state index contributed by atoms with van der Waals surface area (Å²) < 4.78 is 23.0. The van der Waals surface area contributed by atoms with E-state index in [4.69, 9.17) is 0 Å². The first kappa shape index (κ1) is 13.0. The molecule has 0 aliphatic carbocycles. The lowest BCUT2D eigenvalue weighted by atomic mass is 10.1. The molecule has 0 spiro atoms. The van der Waals surface area contributed by atoms with E-state index < -0.39 is 9.84 Å². The fourth-order valence-electron chi connectivity index (χ4n) is 2.48. The summed E-state index contributed by atoms with van der Waals surface area (Å²) in [6.45, 7) is 2.12. The largest absolute Gasteiger partial charge is 0.335 e. The van der Waals surface area contributed by atoms with Gasteiger partial charge in [-0.15, -0.1) is 0 Å². The Hall–Kier alpha value is -1.01. The maximum atomic E-state index is 11.5. The highest BCUT2D eigenvalue weighted by molar-refractivity contribution is 8.15. The molecule has 1 N–H and O–H groups in total. The minimum atomic E-state index is -2.87. The second-order valence-electron chi connectivity index (χ2n) is 4.87. The van der Waals surface area contributed by atoms with Crippen molar-refractivity contribution >= 4 is 32.5 Å². The fraction of sp³-hybridized carbons (Fsp3) is 0.462. The normalized spacial score (nSPS) is 27.9. The van der Waals surface area contributed by atoms with Gasteiger partial charge >= 0.3 is 0 Å². The summed E-state index contributed by atoms with van der Waals surface area (Å²) >= 11 is 1.56. The van der Waals surface area contributed by atoms with E-state index in [-0.39, 0.29) is 22.8 Å². The number of aryl methyl sites for hydroxylation is 1. The number of thioether (sulfide) groups is 1. The van der Waals surface area contributed by atoms with Crippen LogP contribution in [0.5, 0.6) is 0 Å². The summed E-state index contributed by atoms with van der Waals surface area (Å²) in [5.41, 5.74) is 2.31. The van der Waals surface area contributed by atoms with Crippen molar-refractivity contribution in [2.24, 2.45) is 4.99 Å². The Morgan fingerprint density at radius 2 is 2.16 bits per heavy atom. The van der Waals surface area contributed by atoms with E-state index in [1.165, 1.54) is 5.56 Å². The van der Waals surface area contributed by atoms with Crippen molar-refractivity contribution in [3.8, 4) is 0 Å². The third-order valence-corrected chi connectivity index (χ3v) is 6.60. The van der Waals surface area contributed by atoms with Crippen LogP contribution in [0.3, 0.4) is 0 Å². The van der Waals surface area contributed by atoms with Crippen molar-refractivity contribution in [2.75, 3.05) is 16.8 Å². The molecule has 0 saturated carbocycles. The molecule has 2 aliphatic rings. The van der Waals surface area contributed by atoms with Crippen molar-refractivity contribution in [3.63, 3.8) is 0 Å². The minimum absolute atomic E-state index is 0.0636. The van der Waals surface area contributed by atoms with E-state index >= 15 is 0 Å². The van der Waals surface area contributed by atoms with Crippen LogP contribution in [0.1, 0.15) is 12.5 Å². The zero-order chi connectivity index (χ0) is 13.5. The van der Waals surface area contributed by atoms with E-state index in [2.05, 4.69) is 23.3 Å². The van der Waals surface area contributed by atoms with Gasteiger partial charge in [0, 0.05) is 10.9 Å². The quantitative estimate of drug-likeness (QED) is 0.906. The third kappa shape index (κ3) is 2.65. The molecule has 102 valence electrons. The number of amidine groups is 1. The molecule has 1 aromatic carbocycles. The first-order chi connectivity index (χ1) is 9.07. The number of aliphatic imine (C=N–C) groups is 1. The Morgan fingerprint density at radius 3 is 2.89 bits per heavy atom. The highest BCUT2D eigenvalue weighted by atomic mass is 32.2. The van der Waals surface area contributed by atoms with Crippen LogP contribution >= 0.6 is 11.8 Å². The molecule has 6 heteroatoms. The van der Waals surface area contributed by atoms with Crippen molar-refractivity contribution in [2.45, 2.75) is 24.6 Å². The van der Waals surface area contributed by atoms with Gasteiger partial charge in [0.05, 0.1) is 17.5 Å². The molecule has 1 aromatic rings. The molecule has 0 bridgehead atoms. The van der Waals surface area contributed by atoms with Gasteiger partial charge in [0.15, 0.2) is 15.0 Å². The first-order valence-electron chi connectivity index (χ1n) is 6.37. The Kier molecular flexibility index (Phi) is 3.30. The number of para-hydroxylation sites is 1.